The first-order chi connectivity index (χ1) is 7.56. The van der Waals surface area contributed by atoms with Gasteiger partial charge < -0.3 is 11.1 Å². The number of terminal acetylenes is 1. The smallest absolute Gasteiger partial charge is 0.251 e. The molecule has 0 aliphatic heterocycles. The zero-order valence-electron chi connectivity index (χ0n) is 9.01. The lowest BCUT2D eigenvalue weighted by Gasteiger charge is -2.09. The SMILES string of the molecule is C#CCCNC(=O)c1cc(Br)cc(N)c1C. The number of amides is 1. The number of hydrogen-bond donors (Lipinski definition) is 2. The molecule has 0 unspecified atom stereocenters. The van der Waals surface area contributed by atoms with Crippen LogP contribution in [0.4, 0.5) is 5.69 Å². The standard InChI is InChI=1S/C12H13BrN2O/c1-3-4-5-15-12(16)10-6-9(13)7-11(14)8(10)2/h1,6-7H,4-5,14H2,2H3,(H,15,16). The average Bonchev–Trinajstić information content (AvgIpc) is 2.23. The van der Waals surface area contributed by atoms with E-state index in [0.717, 1.165) is 10.0 Å². The van der Waals surface area contributed by atoms with Crippen molar-refractivity contribution in [3.63, 3.8) is 0 Å². The van der Waals surface area contributed by atoms with Gasteiger partial charge in [-0.2, -0.15) is 0 Å². The first-order valence-corrected chi connectivity index (χ1v) is 5.63. The predicted octanol–water partition coefficient (Wildman–Crippen LogP) is 2.09. The second-order valence-corrected chi connectivity index (χ2v) is 4.29. The summed E-state index contributed by atoms with van der Waals surface area (Å²) in [6.45, 7) is 2.29. The number of nitrogens with two attached hydrogens (primary N) is 1. The minimum Gasteiger partial charge on any atom is -0.398 e. The third kappa shape index (κ3) is 3.01. The van der Waals surface area contributed by atoms with Crippen LogP contribution in [0.1, 0.15) is 22.3 Å². The molecular formula is C12H13BrN2O. The van der Waals surface area contributed by atoms with E-state index < -0.39 is 0 Å². The molecule has 0 aromatic heterocycles. The zero-order chi connectivity index (χ0) is 12.1. The van der Waals surface area contributed by atoms with Gasteiger partial charge >= 0.3 is 0 Å². The molecule has 16 heavy (non-hydrogen) atoms. The summed E-state index contributed by atoms with van der Waals surface area (Å²) in [6.07, 6.45) is 5.62. The Morgan fingerprint density at radius 1 is 1.62 bits per heavy atom. The summed E-state index contributed by atoms with van der Waals surface area (Å²) in [4.78, 5) is 11.8. The van der Waals surface area contributed by atoms with Crippen LogP contribution in [0.3, 0.4) is 0 Å². The molecule has 0 aliphatic rings. The fraction of sp³-hybridized carbons (Fsp3) is 0.250. The van der Waals surface area contributed by atoms with Gasteiger partial charge in [0.15, 0.2) is 0 Å². The van der Waals surface area contributed by atoms with E-state index in [1.54, 1.807) is 12.1 Å². The zero-order valence-corrected chi connectivity index (χ0v) is 10.6. The lowest BCUT2D eigenvalue weighted by molar-refractivity contribution is 0.0954. The van der Waals surface area contributed by atoms with Gasteiger partial charge in [0.1, 0.15) is 0 Å². The van der Waals surface area contributed by atoms with Gasteiger partial charge in [0.05, 0.1) is 0 Å². The van der Waals surface area contributed by atoms with Crippen molar-refractivity contribution in [3.05, 3.63) is 27.7 Å². The quantitative estimate of drug-likeness (QED) is 0.506. The summed E-state index contributed by atoms with van der Waals surface area (Å²) < 4.78 is 0.790. The van der Waals surface area contributed by atoms with E-state index >= 15 is 0 Å². The van der Waals surface area contributed by atoms with Gasteiger partial charge in [-0.3, -0.25) is 4.79 Å². The van der Waals surface area contributed by atoms with Crippen molar-refractivity contribution in [3.8, 4) is 12.3 Å². The number of carbonyl (C=O) groups excluding carboxylic acids is 1. The molecule has 0 atom stereocenters. The van der Waals surface area contributed by atoms with Gasteiger partial charge in [0.25, 0.3) is 5.91 Å². The summed E-state index contributed by atoms with van der Waals surface area (Å²) in [7, 11) is 0. The Morgan fingerprint density at radius 2 is 2.31 bits per heavy atom. The number of halogens is 1. The summed E-state index contributed by atoms with van der Waals surface area (Å²) in [5.74, 6) is 2.31. The molecule has 3 nitrogen and oxygen atoms in total. The molecule has 0 saturated heterocycles. The van der Waals surface area contributed by atoms with Gasteiger partial charge in [-0.05, 0) is 24.6 Å². The van der Waals surface area contributed by atoms with Gasteiger partial charge in [-0.25, -0.2) is 0 Å². The maximum Gasteiger partial charge on any atom is 0.251 e. The van der Waals surface area contributed by atoms with Crippen molar-refractivity contribution in [2.75, 3.05) is 12.3 Å². The van der Waals surface area contributed by atoms with Crippen LogP contribution in [0, 0.1) is 19.3 Å². The van der Waals surface area contributed by atoms with Gasteiger partial charge in [-0.15, -0.1) is 12.3 Å². The van der Waals surface area contributed by atoms with Crippen LogP contribution in [0.2, 0.25) is 0 Å². The number of nitrogens with one attached hydrogen (secondary N) is 1. The molecular weight excluding hydrogens is 268 g/mol. The highest BCUT2D eigenvalue weighted by molar-refractivity contribution is 9.10. The second kappa shape index (κ2) is 5.57. The minimum absolute atomic E-state index is 0.152. The summed E-state index contributed by atoms with van der Waals surface area (Å²) in [6, 6.07) is 3.52. The third-order valence-electron chi connectivity index (χ3n) is 2.21. The second-order valence-electron chi connectivity index (χ2n) is 3.38. The molecule has 84 valence electrons. The topological polar surface area (TPSA) is 55.1 Å². The van der Waals surface area contributed by atoms with Crippen molar-refractivity contribution in [2.45, 2.75) is 13.3 Å². The van der Waals surface area contributed by atoms with Crippen LogP contribution in [0.25, 0.3) is 0 Å². The molecule has 0 aliphatic carbocycles. The fourth-order valence-electron chi connectivity index (χ4n) is 1.28. The molecule has 0 bridgehead atoms. The highest BCUT2D eigenvalue weighted by atomic mass is 79.9. The Balaban J connectivity index is 2.87. The van der Waals surface area contributed by atoms with Gasteiger partial charge in [0, 0.05) is 28.7 Å². The van der Waals surface area contributed by atoms with Crippen LogP contribution in [-0.4, -0.2) is 12.5 Å². The molecule has 0 saturated carbocycles. The van der Waals surface area contributed by atoms with Gasteiger partial charge in [-0.1, -0.05) is 15.9 Å². The number of rotatable bonds is 3. The average molecular weight is 281 g/mol. The van der Waals surface area contributed by atoms with E-state index in [0.29, 0.717) is 24.2 Å². The number of carbonyl (C=O) groups is 1. The van der Waals surface area contributed by atoms with E-state index in [1.165, 1.54) is 0 Å². The maximum atomic E-state index is 11.8. The minimum atomic E-state index is -0.152. The largest absolute Gasteiger partial charge is 0.398 e. The highest BCUT2D eigenvalue weighted by Crippen LogP contribution is 2.22. The summed E-state index contributed by atoms with van der Waals surface area (Å²) in [5.41, 5.74) is 7.72. The van der Waals surface area contributed by atoms with Crippen molar-refractivity contribution in [1.29, 1.82) is 0 Å². The first kappa shape index (κ1) is 12.6. The molecule has 0 radical (unpaired) electrons. The molecule has 1 aromatic carbocycles. The van der Waals surface area contributed by atoms with Crippen LogP contribution in [0.15, 0.2) is 16.6 Å². The van der Waals surface area contributed by atoms with Crippen LogP contribution in [0.5, 0.6) is 0 Å². The molecule has 1 aromatic rings. The molecule has 0 spiro atoms. The van der Waals surface area contributed by atoms with E-state index in [9.17, 15) is 4.79 Å². The highest BCUT2D eigenvalue weighted by Gasteiger charge is 2.11. The van der Waals surface area contributed by atoms with Crippen molar-refractivity contribution in [2.24, 2.45) is 0 Å². The van der Waals surface area contributed by atoms with Crippen LogP contribution in [-0.2, 0) is 0 Å². The summed E-state index contributed by atoms with van der Waals surface area (Å²) in [5, 5.41) is 2.74. The number of nitrogen functional groups attached to an aromatic ring is 1. The Morgan fingerprint density at radius 3 is 2.94 bits per heavy atom. The number of anilines is 1. The molecule has 3 N–H and O–H groups in total. The lowest BCUT2D eigenvalue weighted by atomic mass is 10.1. The Kier molecular flexibility index (Phi) is 4.39. The number of hydrogen-bond acceptors (Lipinski definition) is 2. The Hall–Kier alpha value is -1.47. The Bertz CT molecular complexity index is 449. The Labute approximate surface area is 104 Å². The van der Waals surface area contributed by atoms with E-state index in [4.69, 9.17) is 12.2 Å². The molecule has 4 heteroatoms. The third-order valence-corrected chi connectivity index (χ3v) is 2.67. The molecule has 0 heterocycles. The normalized spacial score (nSPS) is 9.56. The van der Waals surface area contributed by atoms with E-state index in [-0.39, 0.29) is 5.91 Å². The molecule has 0 fully saturated rings. The van der Waals surface area contributed by atoms with E-state index in [2.05, 4.69) is 27.2 Å². The lowest BCUT2D eigenvalue weighted by Crippen LogP contribution is -2.25. The van der Waals surface area contributed by atoms with Gasteiger partial charge in [0.2, 0.25) is 0 Å². The van der Waals surface area contributed by atoms with E-state index in [1.807, 2.05) is 6.92 Å². The summed E-state index contributed by atoms with van der Waals surface area (Å²) >= 11 is 3.30. The number of benzene rings is 1. The van der Waals surface area contributed by atoms with Crippen LogP contribution >= 0.6 is 15.9 Å². The fourth-order valence-corrected chi connectivity index (χ4v) is 1.75. The van der Waals surface area contributed by atoms with Crippen molar-refractivity contribution < 1.29 is 4.79 Å². The van der Waals surface area contributed by atoms with Crippen LogP contribution < -0.4 is 11.1 Å². The van der Waals surface area contributed by atoms with Crippen molar-refractivity contribution >= 4 is 27.5 Å². The maximum absolute atomic E-state index is 11.8. The first-order valence-electron chi connectivity index (χ1n) is 4.83. The predicted molar refractivity (Wildman–Crippen MR) is 69.1 cm³/mol. The monoisotopic (exact) mass is 280 g/mol. The molecule has 1 rings (SSSR count). The molecule has 1 amide bonds. The van der Waals surface area contributed by atoms with Crippen molar-refractivity contribution in [1.82, 2.24) is 5.32 Å².